The molecule has 0 aliphatic carbocycles. The molecule has 0 fully saturated rings. The second-order valence-corrected chi connectivity index (χ2v) is 7.51. The zero-order valence-corrected chi connectivity index (χ0v) is 16.2. The van der Waals surface area contributed by atoms with Crippen LogP contribution >= 0.6 is 0 Å². The molecule has 3 aromatic rings. The number of benzene rings is 2. The predicted octanol–water partition coefficient (Wildman–Crippen LogP) is 6.78. The van der Waals surface area contributed by atoms with E-state index in [4.69, 9.17) is 5.11 Å². The Labute approximate surface area is 162 Å². The maximum atomic E-state index is 10.5. The summed E-state index contributed by atoms with van der Waals surface area (Å²) < 4.78 is 2.48. The first kappa shape index (κ1) is 19.5. The minimum absolute atomic E-state index is 0.322. The molecule has 2 aromatic carbocycles. The highest BCUT2D eigenvalue weighted by molar-refractivity contribution is 6.07. The highest BCUT2D eigenvalue weighted by Gasteiger charge is 2.08. The van der Waals surface area contributed by atoms with E-state index in [0.29, 0.717) is 6.42 Å². The van der Waals surface area contributed by atoms with Crippen molar-refractivity contribution in [2.45, 2.75) is 70.8 Å². The van der Waals surface area contributed by atoms with E-state index >= 15 is 0 Å². The Morgan fingerprint density at radius 2 is 1.11 bits per heavy atom. The number of carboxylic acid groups (broad SMARTS) is 1. The van der Waals surface area contributed by atoms with Crippen molar-refractivity contribution in [2.24, 2.45) is 0 Å². The van der Waals surface area contributed by atoms with Crippen molar-refractivity contribution in [3.05, 3.63) is 48.5 Å². The first-order valence-electron chi connectivity index (χ1n) is 10.4. The summed E-state index contributed by atoms with van der Waals surface area (Å²) in [4.78, 5) is 10.5. The van der Waals surface area contributed by atoms with Crippen LogP contribution in [0.15, 0.2) is 48.5 Å². The highest BCUT2D eigenvalue weighted by atomic mass is 16.4. The summed E-state index contributed by atoms with van der Waals surface area (Å²) in [5.41, 5.74) is 2.69. The van der Waals surface area contributed by atoms with Crippen molar-refractivity contribution in [3.8, 4) is 0 Å². The van der Waals surface area contributed by atoms with Crippen molar-refractivity contribution in [2.75, 3.05) is 0 Å². The van der Waals surface area contributed by atoms with E-state index in [-0.39, 0.29) is 0 Å². The number of aliphatic carboxylic acids is 1. The zero-order chi connectivity index (χ0) is 18.9. The number of para-hydroxylation sites is 2. The molecule has 0 aliphatic rings. The molecule has 144 valence electrons. The van der Waals surface area contributed by atoms with Crippen molar-refractivity contribution in [1.29, 1.82) is 0 Å². The van der Waals surface area contributed by atoms with E-state index in [1.807, 2.05) is 0 Å². The summed E-state index contributed by atoms with van der Waals surface area (Å²) >= 11 is 0. The summed E-state index contributed by atoms with van der Waals surface area (Å²) in [6.07, 6.45) is 11.0. The average Bonchev–Trinajstić information content (AvgIpc) is 3.00. The van der Waals surface area contributed by atoms with Crippen LogP contribution in [0.3, 0.4) is 0 Å². The average molecular weight is 366 g/mol. The first-order valence-corrected chi connectivity index (χ1v) is 10.4. The van der Waals surface area contributed by atoms with Gasteiger partial charge in [-0.15, -0.1) is 0 Å². The SMILES string of the molecule is O=C(O)CCCCCCCCCCCn1c2ccccc2c2ccccc21. The van der Waals surface area contributed by atoms with E-state index < -0.39 is 5.97 Å². The van der Waals surface area contributed by atoms with Gasteiger partial charge in [0, 0.05) is 34.8 Å². The topological polar surface area (TPSA) is 42.2 Å². The maximum absolute atomic E-state index is 10.5. The quantitative estimate of drug-likeness (QED) is 0.359. The van der Waals surface area contributed by atoms with Crippen LogP contribution in [0.4, 0.5) is 0 Å². The molecule has 27 heavy (non-hydrogen) atoms. The molecule has 0 amide bonds. The molecule has 0 atom stereocenters. The highest BCUT2D eigenvalue weighted by Crippen LogP contribution is 2.29. The maximum Gasteiger partial charge on any atom is 0.303 e. The van der Waals surface area contributed by atoms with Crippen LogP contribution in [0, 0.1) is 0 Å². The summed E-state index contributed by atoms with van der Waals surface area (Å²) in [7, 11) is 0. The number of hydrogen-bond donors (Lipinski definition) is 1. The number of unbranched alkanes of at least 4 members (excludes halogenated alkanes) is 8. The van der Waals surface area contributed by atoms with E-state index in [1.165, 1.54) is 66.8 Å². The largest absolute Gasteiger partial charge is 0.481 e. The van der Waals surface area contributed by atoms with Crippen LogP contribution < -0.4 is 0 Å². The lowest BCUT2D eigenvalue weighted by Gasteiger charge is -2.07. The lowest BCUT2D eigenvalue weighted by molar-refractivity contribution is -0.137. The Bertz CT molecular complexity index is 812. The Hall–Kier alpha value is -2.29. The van der Waals surface area contributed by atoms with Crippen molar-refractivity contribution in [3.63, 3.8) is 0 Å². The number of fused-ring (bicyclic) bond motifs is 3. The van der Waals surface area contributed by atoms with Gasteiger partial charge in [0.25, 0.3) is 0 Å². The normalized spacial score (nSPS) is 11.4. The molecule has 3 nitrogen and oxygen atoms in total. The molecule has 0 radical (unpaired) electrons. The minimum atomic E-state index is -0.668. The molecular formula is C24H31NO2. The van der Waals surface area contributed by atoms with E-state index in [2.05, 4.69) is 53.1 Å². The number of carboxylic acids is 1. The number of aromatic nitrogens is 1. The molecule has 0 spiro atoms. The third kappa shape index (κ3) is 5.35. The van der Waals surface area contributed by atoms with E-state index in [0.717, 1.165) is 19.4 Å². The summed E-state index contributed by atoms with van der Waals surface area (Å²) in [6.45, 7) is 1.09. The molecule has 1 aromatic heterocycles. The lowest BCUT2D eigenvalue weighted by atomic mass is 10.1. The zero-order valence-electron chi connectivity index (χ0n) is 16.2. The molecule has 0 unspecified atom stereocenters. The van der Waals surface area contributed by atoms with Crippen LogP contribution in [0.5, 0.6) is 0 Å². The van der Waals surface area contributed by atoms with Gasteiger partial charge in [0.2, 0.25) is 0 Å². The standard InChI is InChI=1S/C24H31NO2/c26-24(27)18-8-6-4-2-1-3-5-7-13-19-25-22-16-11-9-14-20(22)21-15-10-12-17-23(21)25/h9-12,14-17H,1-8,13,18-19H2,(H,26,27). The van der Waals surface area contributed by atoms with E-state index in [1.54, 1.807) is 0 Å². The van der Waals surface area contributed by atoms with Gasteiger partial charge in [-0.25, -0.2) is 0 Å². The fraction of sp³-hybridized carbons (Fsp3) is 0.458. The number of aryl methyl sites for hydroxylation is 1. The van der Waals surface area contributed by atoms with Crippen LogP contribution in [0.1, 0.15) is 64.2 Å². The van der Waals surface area contributed by atoms with Crippen LogP contribution in [0.25, 0.3) is 21.8 Å². The van der Waals surface area contributed by atoms with Gasteiger partial charge in [-0.3, -0.25) is 4.79 Å². The van der Waals surface area contributed by atoms with Gasteiger partial charge in [-0.1, -0.05) is 81.3 Å². The molecule has 0 saturated heterocycles. The smallest absolute Gasteiger partial charge is 0.303 e. The Balaban J connectivity index is 1.38. The van der Waals surface area contributed by atoms with Crippen molar-refractivity contribution < 1.29 is 9.90 Å². The third-order valence-electron chi connectivity index (χ3n) is 5.45. The number of hydrogen-bond acceptors (Lipinski definition) is 1. The van der Waals surface area contributed by atoms with Crippen molar-refractivity contribution in [1.82, 2.24) is 4.57 Å². The lowest BCUT2D eigenvalue weighted by Crippen LogP contribution is -1.97. The van der Waals surface area contributed by atoms with Gasteiger partial charge >= 0.3 is 5.97 Å². The summed E-state index contributed by atoms with van der Waals surface area (Å²) in [5.74, 6) is -0.668. The Morgan fingerprint density at radius 1 is 0.667 bits per heavy atom. The molecule has 0 aliphatic heterocycles. The van der Waals surface area contributed by atoms with E-state index in [9.17, 15) is 4.79 Å². The van der Waals surface area contributed by atoms with Gasteiger partial charge in [-0.05, 0) is 25.0 Å². The molecular weight excluding hydrogens is 334 g/mol. The van der Waals surface area contributed by atoms with Crippen molar-refractivity contribution >= 4 is 27.8 Å². The summed E-state index contributed by atoms with van der Waals surface area (Å²) in [6, 6.07) is 17.4. The van der Waals surface area contributed by atoms with Gasteiger partial charge in [0.15, 0.2) is 0 Å². The van der Waals surface area contributed by atoms with Gasteiger partial charge in [-0.2, -0.15) is 0 Å². The molecule has 3 rings (SSSR count). The number of carbonyl (C=O) groups is 1. The fourth-order valence-corrected chi connectivity index (χ4v) is 4.03. The number of rotatable bonds is 12. The number of nitrogens with zero attached hydrogens (tertiary/aromatic N) is 1. The van der Waals surface area contributed by atoms with Crippen LogP contribution in [-0.2, 0) is 11.3 Å². The predicted molar refractivity (Wildman–Crippen MR) is 113 cm³/mol. The third-order valence-corrected chi connectivity index (χ3v) is 5.45. The minimum Gasteiger partial charge on any atom is -0.481 e. The molecule has 1 heterocycles. The van der Waals surface area contributed by atoms with Crippen LogP contribution in [-0.4, -0.2) is 15.6 Å². The second-order valence-electron chi connectivity index (χ2n) is 7.51. The fourth-order valence-electron chi connectivity index (χ4n) is 4.03. The van der Waals surface area contributed by atoms with Gasteiger partial charge in [0.05, 0.1) is 0 Å². The molecule has 3 heteroatoms. The Morgan fingerprint density at radius 3 is 1.63 bits per heavy atom. The first-order chi connectivity index (χ1) is 13.3. The molecule has 0 bridgehead atoms. The van der Waals surface area contributed by atoms with Gasteiger partial charge < -0.3 is 9.67 Å². The monoisotopic (exact) mass is 365 g/mol. The second kappa shape index (κ2) is 10.1. The van der Waals surface area contributed by atoms with Crippen LogP contribution in [0.2, 0.25) is 0 Å². The summed E-state index contributed by atoms with van der Waals surface area (Å²) in [5, 5.41) is 11.3. The molecule has 0 saturated carbocycles. The Kier molecular flexibility index (Phi) is 7.32. The molecule has 1 N–H and O–H groups in total. The van der Waals surface area contributed by atoms with Gasteiger partial charge in [0.1, 0.15) is 0 Å².